The van der Waals surface area contributed by atoms with Gasteiger partial charge in [-0.25, -0.2) is 4.68 Å². The van der Waals surface area contributed by atoms with E-state index < -0.39 is 0 Å². The number of ether oxygens (including phenoxy) is 1. The standard InChI is InChI=1S/C19H21Cl2N5O2/c1-4-25-10-14(13(3)23-25)12(2)22-19(27)16-8-9-26(24-16)11-28-17-7-5-6-15(20)18(17)21/h5-10,12H,4,11H2,1-3H3,(H,22,27). The zero-order chi connectivity index (χ0) is 20.3. The van der Waals surface area contributed by atoms with Gasteiger partial charge in [-0.3, -0.25) is 9.48 Å². The smallest absolute Gasteiger partial charge is 0.272 e. The van der Waals surface area contributed by atoms with Crippen molar-refractivity contribution in [2.45, 2.75) is 40.1 Å². The first-order valence-electron chi connectivity index (χ1n) is 8.84. The Hall–Kier alpha value is -2.51. The van der Waals surface area contributed by atoms with Gasteiger partial charge in [0.15, 0.2) is 6.73 Å². The number of hydrogen-bond donors (Lipinski definition) is 1. The van der Waals surface area contributed by atoms with Gasteiger partial charge in [-0.2, -0.15) is 10.2 Å². The molecule has 7 nitrogen and oxygen atoms in total. The van der Waals surface area contributed by atoms with Crippen LogP contribution in [0, 0.1) is 6.92 Å². The number of nitrogens with one attached hydrogen (secondary N) is 1. The number of aryl methyl sites for hydroxylation is 2. The van der Waals surface area contributed by atoms with Gasteiger partial charge in [-0.1, -0.05) is 29.3 Å². The van der Waals surface area contributed by atoms with Gasteiger partial charge in [0.1, 0.15) is 16.5 Å². The van der Waals surface area contributed by atoms with Crippen molar-refractivity contribution in [1.29, 1.82) is 0 Å². The molecule has 1 amide bonds. The summed E-state index contributed by atoms with van der Waals surface area (Å²) >= 11 is 12.1. The van der Waals surface area contributed by atoms with Crippen molar-refractivity contribution in [3.63, 3.8) is 0 Å². The molecule has 0 aliphatic rings. The molecule has 3 aromatic rings. The Kier molecular flexibility index (Phi) is 6.26. The Morgan fingerprint density at radius 3 is 2.75 bits per heavy atom. The van der Waals surface area contributed by atoms with E-state index in [1.54, 1.807) is 30.5 Å². The van der Waals surface area contributed by atoms with Gasteiger partial charge in [0.2, 0.25) is 0 Å². The van der Waals surface area contributed by atoms with Crippen LogP contribution in [0.2, 0.25) is 10.0 Å². The molecule has 9 heteroatoms. The van der Waals surface area contributed by atoms with Crippen LogP contribution in [0.5, 0.6) is 5.75 Å². The molecule has 0 aliphatic carbocycles. The van der Waals surface area contributed by atoms with Gasteiger partial charge < -0.3 is 10.1 Å². The van der Waals surface area contributed by atoms with E-state index >= 15 is 0 Å². The molecule has 1 aromatic carbocycles. The Labute approximate surface area is 173 Å². The summed E-state index contributed by atoms with van der Waals surface area (Å²) in [5.41, 5.74) is 2.17. The van der Waals surface area contributed by atoms with Crippen LogP contribution in [0.4, 0.5) is 0 Å². The zero-order valence-corrected chi connectivity index (χ0v) is 17.3. The SMILES string of the molecule is CCn1cc(C(C)NC(=O)c2ccn(COc3cccc(Cl)c3Cl)n2)c(C)n1. The summed E-state index contributed by atoms with van der Waals surface area (Å²) in [6, 6.07) is 6.59. The fourth-order valence-corrected chi connectivity index (χ4v) is 3.10. The monoisotopic (exact) mass is 421 g/mol. The van der Waals surface area contributed by atoms with Gasteiger partial charge >= 0.3 is 0 Å². The lowest BCUT2D eigenvalue weighted by Crippen LogP contribution is -2.27. The van der Waals surface area contributed by atoms with E-state index in [9.17, 15) is 4.79 Å². The maximum Gasteiger partial charge on any atom is 0.272 e. The summed E-state index contributed by atoms with van der Waals surface area (Å²) in [6.45, 7) is 6.75. The number of rotatable bonds is 7. The van der Waals surface area contributed by atoms with E-state index in [1.165, 1.54) is 4.68 Å². The van der Waals surface area contributed by atoms with Crippen LogP contribution in [0.3, 0.4) is 0 Å². The Morgan fingerprint density at radius 1 is 1.25 bits per heavy atom. The predicted molar refractivity (Wildman–Crippen MR) is 108 cm³/mol. The number of halogens is 2. The van der Waals surface area contributed by atoms with Crippen molar-refractivity contribution in [3.05, 3.63) is 63.7 Å². The fraction of sp³-hybridized carbons (Fsp3) is 0.316. The number of hydrogen-bond acceptors (Lipinski definition) is 4. The highest BCUT2D eigenvalue weighted by Crippen LogP contribution is 2.31. The second-order valence-corrected chi connectivity index (χ2v) is 7.07. The highest BCUT2D eigenvalue weighted by molar-refractivity contribution is 6.42. The normalized spacial score (nSPS) is 12.0. The number of carbonyl (C=O) groups excluding carboxylic acids is 1. The molecule has 0 saturated heterocycles. The molecule has 0 saturated carbocycles. The van der Waals surface area contributed by atoms with Crippen LogP contribution in [0.15, 0.2) is 36.7 Å². The molecule has 1 N–H and O–H groups in total. The van der Waals surface area contributed by atoms with Crippen molar-refractivity contribution < 1.29 is 9.53 Å². The highest BCUT2D eigenvalue weighted by atomic mass is 35.5. The van der Waals surface area contributed by atoms with E-state index in [1.807, 2.05) is 31.6 Å². The second kappa shape index (κ2) is 8.67. The molecule has 0 fully saturated rings. The number of amides is 1. The van der Waals surface area contributed by atoms with Crippen LogP contribution in [-0.4, -0.2) is 25.5 Å². The van der Waals surface area contributed by atoms with Gasteiger partial charge in [0.25, 0.3) is 5.91 Å². The van der Waals surface area contributed by atoms with Crippen LogP contribution in [0.1, 0.15) is 41.6 Å². The summed E-state index contributed by atoms with van der Waals surface area (Å²) in [6.07, 6.45) is 3.61. The molecule has 3 rings (SSSR count). The Morgan fingerprint density at radius 2 is 2.04 bits per heavy atom. The van der Waals surface area contributed by atoms with Gasteiger partial charge in [-0.15, -0.1) is 0 Å². The molecule has 1 unspecified atom stereocenters. The molecule has 2 heterocycles. The molecule has 1 atom stereocenters. The topological polar surface area (TPSA) is 74.0 Å². The fourth-order valence-electron chi connectivity index (χ4n) is 2.75. The first-order chi connectivity index (χ1) is 13.4. The minimum atomic E-state index is -0.268. The van der Waals surface area contributed by atoms with Crippen molar-refractivity contribution >= 4 is 29.1 Å². The van der Waals surface area contributed by atoms with Crippen LogP contribution in [0.25, 0.3) is 0 Å². The summed E-state index contributed by atoms with van der Waals surface area (Å²) in [5, 5.41) is 12.4. The average molecular weight is 422 g/mol. The summed E-state index contributed by atoms with van der Waals surface area (Å²) in [5.74, 6) is 0.184. The molecular formula is C19H21Cl2N5O2. The Balaban J connectivity index is 1.62. The number of aromatic nitrogens is 4. The summed E-state index contributed by atoms with van der Waals surface area (Å²) in [4.78, 5) is 12.5. The van der Waals surface area contributed by atoms with Crippen molar-refractivity contribution in [3.8, 4) is 5.75 Å². The van der Waals surface area contributed by atoms with Crippen molar-refractivity contribution in [2.24, 2.45) is 0 Å². The molecule has 0 bridgehead atoms. The maximum absolute atomic E-state index is 12.5. The van der Waals surface area contributed by atoms with Crippen molar-refractivity contribution in [2.75, 3.05) is 0 Å². The molecule has 0 aliphatic heterocycles. The third-order valence-corrected chi connectivity index (χ3v) is 5.07. The van der Waals surface area contributed by atoms with Crippen molar-refractivity contribution in [1.82, 2.24) is 24.9 Å². The van der Waals surface area contributed by atoms with E-state index in [0.29, 0.717) is 21.5 Å². The van der Waals surface area contributed by atoms with E-state index in [2.05, 4.69) is 15.5 Å². The molecule has 28 heavy (non-hydrogen) atoms. The van der Waals surface area contributed by atoms with E-state index in [0.717, 1.165) is 17.8 Å². The minimum Gasteiger partial charge on any atom is -0.470 e. The third-order valence-electron chi connectivity index (χ3n) is 4.26. The van der Waals surface area contributed by atoms with Gasteiger partial charge in [0.05, 0.1) is 16.8 Å². The van der Waals surface area contributed by atoms with Crippen LogP contribution < -0.4 is 10.1 Å². The molecule has 0 spiro atoms. The predicted octanol–water partition coefficient (Wildman–Crippen LogP) is 4.24. The lowest BCUT2D eigenvalue weighted by molar-refractivity contribution is 0.0932. The Bertz CT molecular complexity index is 983. The lowest BCUT2D eigenvalue weighted by atomic mass is 10.1. The number of carbonyl (C=O) groups is 1. The second-order valence-electron chi connectivity index (χ2n) is 6.29. The zero-order valence-electron chi connectivity index (χ0n) is 15.8. The lowest BCUT2D eigenvalue weighted by Gasteiger charge is -2.12. The first kappa shape index (κ1) is 20.2. The molecule has 148 valence electrons. The molecule has 0 radical (unpaired) electrons. The molecule has 2 aromatic heterocycles. The third kappa shape index (κ3) is 4.48. The number of benzene rings is 1. The largest absolute Gasteiger partial charge is 0.470 e. The van der Waals surface area contributed by atoms with Crippen LogP contribution in [-0.2, 0) is 13.3 Å². The van der Waals surface area contributed by atoms with Gasteiger partial charge in [0, 0.05) is 24.5 Å². The van der Waals surface area contributed by atoms with Gasteiger partial charge in [-0.05, 0) is 39.0 Å². The first-order valence-corrected chi connectivity index (χ1v) is 9.59. The highest BCUT2D eigenvalue weighted by Gasteiger charge is 2.17. The minimum absolute atomic E-state index is 0.102. The van der Waals surface area contributed by atoms with Crippen LogP contribution >= 0.6 is 23.2 Å². The maximum atomic E-state index is 12.5. The molecular weight excluding hydrogens is 401 g/mol. The quantitative estimate of drug-likeness (QED) is 0.618. The summed E-state index contributed by atoms with van der Waals surface area (Å²) in [7, 11) is 0. The summed E-state index contributed by atoms with van der Waals surface area (Å²) < 4.78 is 8.98. The number of nitrogens with zero attached hydrogens (tertiary/aromatic N) is 4. The van der Waals surface area contributed by atoms with E-state index in [4.69, 9.17) is 27.9 Å². The average Bonchev–Trinajstić information content (AvgIpc) is 3.29. The van der Waals surface area contributed by atoms with E-state index in [-0.39, 0.29) is 18.7 Å².